The molecule has 2 rings (SSSR count). The molecule has 2 aromatic rings. The number of rotatable bonds is 2. The first kappa shape index (κ1) is 15.2. The molecule has 0 fully saturated rings. The standard InChI is InChI=1S/C8H8O2.C7H6O3/c1-6-2-3-7(5-9)8(10)4-6;8-4-5-1-2-6(9)3-7(5)10/h2-5,10H,1H3;1-4,9-10H. The molecule has 3 N–H and O–H groups in total. The topological polar surface area (TPSA) is 94.8 Å². The number of phenols is 3. The molecule has 0 amide bonds. The predicted molar refractivity (Wildman–Crippen MR) is 73.4 cm³/mol. The fourth-order valence-corrected chi connectivity index (χ4v) is 1.39. The number of phenolic OH excluding ortho intramolecular Hbond substituents is 3. The summed E-state index contributed by atoms with van der Waals surface area (Å²) in [6.45, 7) is 1.86. The SMILES string of the molecule is Cc1ccc(C=O)c(O)c1.O=Cc1ccc(O)cc1O. The molecular weight excluding hydrogens is 260 g/mol. The Hall–Kier alpha value is -2.82. The minimum Gasteiger partial charge on any atom is -0.508 e. The fraction of sp³-hybridized carbons (Fsp3) is 0.0667. The van der Waals surface area contributed by atoms with Crippen molar-refractivity contribution in [3.63, 3.8) is 0 Å². The van der Waals surface area contributed by atoms with Gasteiger partial charge in [-0.15, -0.1) is 0 Å². The van der Waals surface area contributed by atoms with Crippen LogP contribution in [0.4, 0.5) is 0 Å². The van der Waals surface area contributed by atoms with Crippen LogP contribution in [0.2, 0.25) is 0 Å². The Morgan fingerprint density at radius 2 is 1.30 bits per heavy atom. The maximum atomic E-state index is 10.2. The molecule has 0 aromatic heterocycles. The summed E-state index contributed by atoms with van der Waals surface area (Å²) in [6, 6.07) is 8.73. The summed E-state index contributed by atoms with van der Waals surface area (Å²) in [7, 11) is 0. The molecule has 0 spiro atoms. The second-order valence-corrected chi connectivity index (χ2v) is 4.04. The highest BCUT2D eigenvalue weighted by Crippen LogP contribution is 2.20. The zero-order valence-electron chi connectivity index (χ0n) is 10.8. The second-order valence-electron chi connectivity index (χ2n) is 4.04. The molecule has 0 saturated carbocycles. The molecule has 104 valence electrons. The van der Waals surface area contributed by atoms with Crippen molar-refractivity contribution in [2.75, 3.05) is 0 Å². The first-order valence-corrected chi connectivity index (χ1v) is 5.70. The van der Waals surface area contributed by atoms with Crippen molar-refractivity contribution in [3.8, 4) is 17.2 Å². The monoisotopic (exact) mass is 274 g/mol. The number of hydrogen-bond acceptors (Lipinski definition) is 5. The van der Waals surface area contributed by atoms with E-state index in [4.69, 9.17) is 15.3 Å². The second kappa shape index (κ2) is 6.94. The third kappa shape index (κ3) is 4.13. The average Bonchev–Trinajstić information content (AvgIpc) is 2.40. The zero-order chi connectivity index (χ0) is 15.1. The summed E-state index contributed by atoms with van der Waals surface area (Å²) in [6.07, 6.45) is 1.16. The summed E-state index contributed by atoms with van der Waals surface area (Å²) in [5.41, 5.74) is 1.46. The molecule has 0 heterocycles. The summed E-state index contributed by atoms with van der Waals surface area (Å²) in [4.78, 5) is 20.3. The zero-order valence-corrected chi connectivity index (χ0v) is 10.8. The van der Waals surface area contributed by atoms with E-state index in [1.54, 1.807) is 18.2 Å². The summed E-state index contributed by atoms with van der Waals surface area (Å²) >= 11 is 0. The van der Waals surface area contributed by atoms with Crippen LogP contribution in [0, 0.1) is 6.92 Å². The van der Waals surface area contributed by atoms with E-state index in [0.717, 1.165) is 11.6 Å². The fourth-order valence-electron chi connectivity index (χ4n) is 1.39. The third-order valence-electron chi connectivity index (χ3n) is 2.45. The minimum atomic E-state index is -0.199. The van der Waals surface area contributed by atoms with E-state index in [2.05, 4.69) is 0 Å². The molecule has 0 saturated heterocycles. The first-order valence-electron chi connectivity index (χ1n) is 5.70. The van der Waals surface area contributed by atoms with Gasteiger partial charge in [-0.05, 0) is 36.8 Å². The summed E-state index contributed by atoms with van der Waals surface area (Å²) in [5.74, 6) is -0.201. The summed E-state index contributed by atoms with van der Waals surface area (Å²) in [5, 5.41) is 26.7. The van der Waals surface area contributed by atoms with E-state index in [9.17, 15) is 9.59 Å². The van der Waals surface area contributed by atoms with Crippen molar-refractivity contribution < 1.29 is 24.9 Å². The smallest absolute Gasteiger partial charge is 0.153 e. The van der Waals surface area contributed by atoms with Crippen molar-refractivity contribution in [1.82, 2.24) is 0 Å². The molecule has 0 bridgehead atoms. The molecule has 20 heavy (non-hydrogen) atoms. The van der Waals surface area contributed by atoms with Gasteiger partial charge in [0.15, 0.2) is 12.6 Å². The number of carbonyl (C=O) groups is 2. The van der Waals surface area contributed by atoms with Crippen LogP contribution < -0.4 is 0 Å². The Labute approximate surface area is 115 Å². The van der Waals surface area contributed by atoms with Crippen molar-refractivity contribution in [2.45, 2.75) is 6.92 Å². The quantitative estimate of drug-likeness (QED) is 0.731. The molecule has 2 aromatic carbocycles. The number of hydrogen-bond donors (Lipinski definition) is 3. The van der Waals surface area contributed by atoms with Crippen LogP contribution in [0.1, 0.15) is 26.3 Å². The van der Waals surface area contributed by atoms with Crippen molar-refractivity contribution in [1.29, 1.82) is 0 Å². The van der Waals surface area contributed by atoms with E-state index in [1.807, 2.05) is 6.92 Å². The van der Waals surface area contributed by atoms with Crippen molar-refractivity contribution in [3.05, 3.63) is 53.1 Å². The van der Waals surface area contributed by atoms with Gasteiger partial charge in [-0.3, -0.25) is 9.59 Å². The van der Waals surface area contributed by atoms with Gasteiger partial charge in [-0.2, -0.15) is 0 Å². The van der Waals surface area contributed by atoms with Crippen LogP contribution in [0.25, 0.3) is 0 Å². The molecule has 0 aliphatic rings. The third-order valence-corrected chi connectivity index (χ3v) is 2.45. The number of carbonyl (C=O) groups excluding carboxylic acids is 2. The highest BCUT2D eigenvalue weighted by atomic mass is 16.3. The number of benzene rings is 2. The van der Waals surface area contributed by atoms with Gasteiger partial charge in [0.25, 0.3) is 0 Å². The van der Waals surface area contributed by atoms with Gasteiger partial charge >= 0.3 is 0 Å². The van der Waals surface area contributed by atoms with E-state index in [0.29, 0.717) is 18.1 Å². The molecular formula is C15H14O5. The van der Waals surface area contributed by atoms with Gasteiger partial charge < -0.3 is 15.3 Å². The first-order chi connectivity index (χ1) is 9.47. The molecule has 0 atom stereocenters. The Morgan fingerprint density at radius 3 is 1.75 bits per heavy atom. The van der Waals surface area contributed by atoms with E-state index >= 15 is 0 Å². The van der Waals surface area contributed by atoms with E-state index in [-0.39, 0.29) is 22.8 Å². The molecule has 0 aliphatic heterocycles. The van der Waals surface area contributed by atoms with Crippen LogP contribution in [-0.2, 0) is 0 Å². The maximum Gasteiger partial charge on any atom is 0.153 e. The molecule has 0 unspecified atom stereocenters. The Bertz CT molecular complexity index is 564. The lowest BCUT2D eigenvalue weighted by molar-refractivity contribution is 0.111. The van der Waals surface area contributed by atoms with Gasteiger partial charge in [-0.25, -0.2) is 0 Å². The molecule has 5 nitrogen and oxygen atoms in total. The molecule has 0 radical (unpaired) electrons. The Balaban J connectivity index is 0.000000200. The van der Waals surface area contributed by atoms with Crippen LogP contribution in [-0.4, -0.2) is 27.9 Å². The molecule has 5 heteroatoms. The lowest BCUT2D eigenvalue weighted by atomic mass is 10.1. The van der Waals surface area contributed by atoms with Crippen molar-refractivity contribution >= 4 is 12.6 Å². The van der Waals surface area contributed by atoms with Gasteiger partial charge in [0.05, 0.1) is 11.1 Å². The van der Waals surface area contributed by atoms with Gasteiger partial charge in [0.2, 0.25) is 0 Å². The van der Waals surface area contributed by atoms with Gasteiger partial charge in [0.1, 0.15) is 17.2 Å². The van der Waals surface area contributed by atoms with E-state index in [1.165, 1.54) is 12.1 Å². The Morgan fingerprint density at radius 1 is 0.800 bits per heavy atom. The van der Waals surface area contributed by atoms with E-state index < -0.39 is 0 Å². The van der Waals surface area contributed by atoms with Gasteiger partial charge in [-0.1, -0.05) is 6.07 Å². The van der Waals surface area contributed by atoms with Crippen LogP contribution in [0.5, 0.6) is 17.2 Å². The minimum absolute atomic E-state index is 0.0509. The number of aldehydes is 2. The maximum absolute atomic E-state index is 10.2. The van der Waals surface area contributed by atoms with Crippen LogP contribution in [0.3, 0.4) is 0 Å². The largest absolute Gasteiger partial charge is 0.508 e. The average molecular weight is 274 g/mol. The highest BCUT2D eigenvalue weighted by molar-refractivity contribution is 5.79. The lowest BCUT2D eigenvalue weighted by Crippen LogP contribution is -1.80. The van der Waals surface area contributed by atoms with Gasteiger partial charge in [0, 0.05) is 6.07 Å². The highest BCUT2D eigenvalue weighted by Gasteiger charge is 1.98. The lowest BCUT2D eigenvalue weighted by Gasteiger charge is -1.96. The predicted octanol–water partition coefficient (Wildman–Crippen LogP) is 2.42. The number of aryl methyl sites for hydroxylation is 1. The van der Waals surface area contributed by atoms with Crippen LogP contribution in [0.15, 0.2) is 36.4 Å². The Kier molecular flexibility index (Phi) is 5.29. The summed E-state index contributed by atoms with van der Waals surface area (Å²) < 4.78 is 0. The number of aromatic hydroxyl groups is 3. The van der Waals surface area contributed by atoms with Crippen molar-refractivity contribution in [2.24, 2.45) is 0 Å². The van der Waals surface area contributed by atoms with Crippen LogP contribution >= 0.6 is 0 Å². The molecule has 0 aliphatic carbocycles. The normalized spacial score (nSPS) is 9.25.